The molecule has 6 heteroatoms. The molecule has 0 radical (unpaired) electrons. The fourth-order valence-electron chi connectivity index (χ4n) is 1.64. The molecule has 2 unspecified atom stereocenters. The quantitative estimate of drug-likeness (QED) is 0.737. The number of rotatable bonds is 3. The van der Waals surface area contributed by atoms with Gasteiger partial charge in [-0.05, 0) is 20.8 Å². The van der Waals surface area contributed by atoms with E-state index >= 15 is 0 Å². The predicted octanol–water partition coefficient (Wildman–Crippen LogP) is 0.378. The molecule has 2 N–H and O–H groups in total. The molecule has 0 spiro atoms. The van der Waals surface area contributed by atoms with E-state index in [1.807, 2.05) is 0 Å². The normalized spacial score (nSPS) is 24.4. The van der Waals surface area contributed by atoms with Gasteiger partial charge >= 0.3 is 11.9 Å². The molecule has 0 saturated carbocycles. The highest BCUT2D eigenvalue weighted by Gasteiger charge is 2.33. The Kier molecular flexibility index (Phi) is 5.10. The molecule has 0 aromatic carbocycles. The highest BCUT2D eigenvalue weighted by atomic mass is 16.6. The molecule has 1 fully saturated rings. The molecule has 1 aliphatic heterocycles. The maximum atomic E-state index is 11.8. The number of hydrogen-bond acceptors (Lipinski definition) is 6. The molecule has 0 bridgehead atoms. The molecule has 0 aromatic heterocycles. The van der Waals surface area contributed by atoms with Crippen molar-refractivity contribution in [3.05, 3.63) is 0 Å². The summed E-state index contributed by atoms with van der Waals surface area (Å²) in [4.78, 5) is 22.9. The van der Waals surface area contributed by atoms with E-state index < -0.39 is 23.6 Å². The van der Waals surface area contributed by atoms with Crippen LogP contribution in [0.5, 0.6) is 0 Å². The molecule has 1 saturated heterocycles. The van der Waals surface area contributed by atoms with Crippen LogP contribution >= 0.6 is 0 Å². The van der Waals surface area contributed by atoms with Crippen LogP contribution in [0.1, 0.15) is 33.6 Å². The van der Waals surface area contributed by atoms with Gasteiger partial charge in [0.05, 0.1) is 13.2 Å². The van der Waals surface area contributed by atoms with Crippen LogP contribution in [0.15, 0.2) is 0 Å². The van der Waals surface area contributed by atoms with Gasteiger partial charge in [0.1, 0.15) is 11.7 Å². The lowest BCUT2D eigenvalue weighted by atomic mass is 10.1. The van der Waals surface area contributed by atoms with Crippen LogP contribution in [0.3, 0.4) is 0 Å². The zero-order valence-electron chi connectivity index (χ0n) is 11.1. The first kappa shape index (κ1) is 14.9. The van der Waals surface area contributed by atoms with Gasteiger partial charge < -0.3 is 19.9 Å². The topological polar surface area (TPSA) is 87.9 Å². The Balaban J connectivity index is 2.48. The third-order valence-corrected chi connectivity index (χ3v) is 2.37. The minimum absolute atomic E-state index is 0.158. The molecule has 0 aliphatic carbocycles. The van der Waals surface area contributed by atoms with E-state index in [1.54, 1.807) is 20.8 Å². The second-order valence-electron chi connectivity index (χ2n) is 5.23. The number of esters is 2. The Bertz CT molecular complexity index is 310. The van der Waals surface area contributed by atoms with Crippen LogP contribution in [-0.4, -0.2) is 42.9 Å². The zero-order valence-corrected chi connectivity index (χ0v) is 11.1. The largest absolute Gasteiger partial charge is 0.461 e. The van der Waals surface area contributed by atoms with Crippen LogP contribution in [-0.2, 0) is 23.8 Å². The van der Waals surface area contributed by atoms with Crippen molar-refractivity contribution < 1.29 is 23.8 Å². The zero-order chi connectivity index (χ0) is 13.8. The van der Waals surface area contributed by atoms with Gasteiger partial charge in [-0.25, -0.2) is 4.79 Å². The van der Waals surface area contributed by atoms with E-state index in [4.69, 9.17) is 19.9 Å². The van der Waals surface area contributed by atoms with Crippen molar-refractivity contribution in [2.75, 3.05) is 13.2 Å². The second kappa shape index (κ2) is 6.15. The second-order valence-corrected chi connectivity index (χ2v) is 5.23. The van der Waals surface area contributed by atoms with Crippen molar-refractivity contribution >= 4 is 11.9 Å². The van der Waals surface area contributed by atoms with Crippen molar-refractivity contribution in [2.45, 2.75) is 51.4 Å². The Hall–Kier alpha value is -1.14. The first-order chi connectivity index (χ1) is 8.31. The predicted molar refractivity (Wildman–Crippen MR) is 63.8 cm³/mol. The highest BCUT2D eigenvalue weighted by molar-refractivity contribution is 5.75. The minimum atomic E-state index is -0.673. The SMILES string of the molecule is CC(C)(C)OC(=O)C1CC(OC(=O)CN)CCO1. The van der Waals surface area contributed by atoms with Gasteiger partial charge in [0, 0.05) is 12.8 Å². The lowest BCUT2D eigenvalue weighted by Crippen LogP contribution is -2.41. The maximum absolute atomic E-state index is 11.8. The molecular weight excluding hydrogens is 238 g/mol. The standard InChI is InChI=1S/C12H21NO5/c1-12(2,3)18-11(15)9-6-8(4-5-16-9)17-10(14)7-13/h8-9H,4-7,13H2,1-3H3. The number of nitrogens with two attached hydrogens (primary N) is 1. The molecule has 104 valence electrons. The van der Waals surface area contributed by atoms with Crippen LogP contribution in [0, 0.1) is 0 Å². The number of carbonyl (C=O) groups is 2. The monoisotopic (exact) mass is 259 g/mol. The van der Waals surface area contributed by atoms with Crippen LogP contribution in [0.25, 0.3) is 0 Å². The van der Waals surface area contributed by atoms with Crippen molar-refractivity contribution in [1.82, 2.24) is 0 Å². The summed E-state index contributed by atoms with van der Waals surface area (Å²) in [6.07, 6.45) is -0.105. The lowest BCUT2D eigenvalue weighted by Gasteiger charge is -2.30. The van der Waals surface area contributed by atoms with Gasteiger partial charge in [-0.2, -0.15) is 0 Å². The number of carbonyl (C=O) groups excluding carboxylic acids is 2. The molecule has 18 heavy (non-hydrogen) atoms. The van der Waals surface area contributed by atoms with Gasteiger partial charge in [-0.1, -0.05) is 0 Å². The van der Waals surface area contributed by atoms with Crippen LogP contribution in [0.4, 0.5) is 0 Å². The van der Waals surface area contributed by atoms with Gasteiger partial charge in [0.15, 0.2) is 6.10 Å². The molecular formula is C12H21NO5. The van der Waals surface area contributed by atoms with Crippen molar-refractivity contribution in [3.8, 4) is 0 Å². The highest BCUT2D eigenvalue weighted by Crippen LogP contribution is 2.20. The smallest absolute Gasteiger partial charge is 0.335 e. The fraction of sp³-hybridized carbons (Fsp3) is 0.833. The summed E-state index contributed by atoms with van der Waals surface area (Å²) in [5, 5.41) is 0. The van der Waals surface area contributed by atoms with Gasteiger partial charge in [-0.15, -0.1) is 0 Å². The van der Waals surface area contributed by atoms with Crippen LogP contribution in [0.2, 0.25) is 0 Å². The Morgan fingerprint density at radius 3 is 2.61 bits per heavy atom. The number of hydrogen-bond donors (Lipinski definition) is 1. The third-order valence-electron chi connectivity index (χ3n) is 2.37. The number of ether oxygens (including phenoxy) is 3. The van der Waals surface area contributed by atoms with Gasteiger partial charge in [0.2, 0.25) is 0 Å². The Morgan fingerprint density at radius 1 is 1.39 bits per heavy atom. The van der Waals surface area contributed by atoms with Gasteiger partial charge in [0.25, 0.3) is 0 Å². The molecule has 0 aromatic rings. The first-order valence-corrected chi connectivity index (χ1v) is 6.06. The summed E-state index contributed by atoms with van der Waals surface area (Å²) < 4.78 is 15.7. The molecule has 1 aliphatic rings. The molecule has 0 amide bonds. The summed E-state index contributed by atoms with van der Waals surface area (Å²) in [6.45, 7) is 5.58. The van der Waals surface area contributed by atoms with Crippen molar-refractivity contribution in [1.29, 1.82) is 0 Å². The van der Waals surface area contributed by atoms with Crippen molar-refractivity contribution in [3.63, 3.8) is 0 Å². The minimum Gasteiger partial charge on any atom is -0.461 e. The van der Waals surface area contributed by atoms with Crippen LogP contribution < -0.4 is 5.73 Å². The lowest BCUT2D eigenvalue weighted by molar-refractivity contribution is -0.179. The van der Waals surface area contributed by atoms with Gasteiger partial charge in [-0.3, -0.25) is 4.79 Å². The maximum Gasteiger partial charge on any atom is 0.335 e. The average Bonchev–Trinajstić information content (AvgIpc) is 2.27. The van der Waals surface area contributed by atoms with E-state index in [0.29, 0.717) is 19.4 Å². The fourth-order valence-corrected chi connectivity index (χ4v) is 1.64. The summed E-state index contributed by atoms with van der Waals surface area (Å²) >= 11 is 0. The van der Waals surface area contributed by atoms with E-state index in [9.17, 15) is 9.59 Å². The van der Waals surface area contributed by atoms with E-state index in [0.717, 1.165) is 0 Å². The third kappa shape index (κ3) is 5.01. The molecule has 2 atom stereocenters. The average molecular weight is 259 g/mol. The molecule has 6 nitrogen and oxygen atoms in total. The van der Waals surface area contributed by atoms with E-state index in [-0.39, 0.29) is 12.6 Å². The van der Waals surface area contributed by atoms with E-state index in [2.05, 4.69) is 0 Å². The summed E-state index contributed by atoms with van der Waals surface area (Å²) in [5.74, 6) is -0.888. The summed E-state index contributed by atoms with van der Waals surface area (Å²) in [5.41, 5.74) is 4.62. The summed E-state index contributed by atoms with van der Waals surface area (Å²) in [7, 11) is 0. The van der Waals surface area contributed by atoms with E-state index in [1.165, 1.54) is 0 Å². The van der Waals surface area contributed by atoms with Crippen molar-refractivity contribution in [2.24, 2.45) is 5.73 Å². The summed E-state index contributed by atoms with van der Waals surface area (Å²) in [6, 6.07) is 0. The molecule has 1 heterocycles. The Labute approximate surface area is 107 Å². The Morgan fingerprint density at radius 2 is 2.06 bits per heavy atom. The molecule has 1 rings (SSSR count). The first-order valence-electron chi connectivity index (χ1n) is 6.06.